The van der Waals surface area contributed by atoms with Gasteiger partial charge in [0.25, 0.3) is 0 Å². The first-order valence-electron chi connectivity index (χ1n) is 7.10. The lowest BCUT2D eigenvalue weighted by molar-refractivity contribution is 0.401. The first-order chi connectivity index (χ1) is 8.98. The molecule has 2 rings (SSSR count). The molecule has 0 atom stereocenters. The molecule has 0 saturated heterocycles. The van der Waals surface area contributed by atoms with Crippen molar-refractivity contribution in [1.29, 1.82) is 0 Å². The Balaban J connectivity index is 2.70. The molecule has 0 amide bonds. The first-order valence-corrected chi connectivity index (χ1v) is 7.10. The third-order valence-corrected chi connectivity index (χ3v) is 4.56. The van der Waals surface area contributed by atoms with Gasteiger partial charge in [-0.2, -0.15) is 0 Å². The molecule has 0 heterocycles. The van der Waals surface area contributed by atoms with Gasteiger partial charge in [0.05, 0.1) is 0 Å². The summed E-state index contributed by atoms with van der Waals surface area (Å²) in [7, 11) is 0. The van der Waals surface area contributed by atoms with Crippen molar-refractivity contribution in [3.8, 4) is 0 Å². The highest BCUT2D eigenvalue weighted by molar-refractivity contribution is 5.46. The molecule has 0 radical (unpaired) electrons. The van der Waals surface area contributed by atoms with Gasteiger partial charge in [-0.05, 0) is 42.0 Å². The summed E-state index contributed by atoms with van der Waals surface area (Å²) in [5.41, 5.74) is 5.71. The summed E-state index contributed by atoms with van der Waals surface area (Å²) in [5.74, 6) is 0.551. The fourth-order valence-electron chi connectivity index (χ4n) is 3.08. The number of rotatable bonds is 3. The molecule has 19 heavy (non-hydrogen) atoms. The Bertz CT molecular complexity index is 518. The number of hydrogen-bond donors (Lipinski definition) is 0. The summed E-state index contributed by atoms with van der Waals surface area (Å²) in [6.07, 6.45) is 0. The molecule has 0 saturated carbocycles. The van der Waals surface area contributed by atoms with Gasteiger partial charge in [0.1, 0.15) is 0 Å². The fourth-order valence-corrected chi connectivity index (χ4v) is 3.08. The molecule has 0 aliphatic rings. The van der Waals surface area contributed by atoms with Gasteiger partial charge in [-0.15, -0.1) is 0 Å². The molecular weight excluding hydrogens is 228 g/mol. The Labute approximate surface area is 117 Å². The Kier molecular flexibility index (Phi) is 3.80. The molecule has 0 aliphatic heterocycles. The molecule has 2 aromatic rings. The van der Waals surface area contributed by atoms with E-state index in [4.69, 9.17) is 0 Å². The minimum atomic E-state index is 0.0662. The summed E-state index contributed by atoms with van der Waals surface area (Å²) in [6, 6.07) is 17.5. The Hall–Kier alpha value is -1.56. The van der Waals surface area contributed by atoms with Crippen molar-refractivity contribution >= 4 is 0 Å². The van der Waals surface area contributed by atoms with Crippen LogP contribution < -0.4 is 0 Å². The zero-order valence-corrected chi connectivity index (χ0v) is 12.7. The van der Waals surface area contributed by atoms with Crippen molar-refractivity contribution in [3.05, 3.63) is 70.8 Å². The summed E-state index contributed by atoms with van der Waals surface area (Å²) in [6.45, 7) is 11.4. The van der Waals surface area contributed by atoms with E-state index < -0.39 is 0 Å². The number of hydrogen-bond acceptors (Lipinski definition) is 0. The van der Waals surface area contributed by atoms with Crippen molar-refractivity contribution < 1.29 is 0 Å². The maximum atomic E-state index is 2.38. The minimum Gasteiger partial charge on any atom is -0.0620 e. The van der Waals surface area contributed by atoms with Crippen molar-refractivity contribution in [2.45, 2.75) is 40.0 Å². The van der Waals surface area contributed by atoms with E-state index >= 15 is 0 Å². The van der Waals surface area contributed by atoms with Crippen LogP contribution in [0.1, 0.15) is 43.0 Å². The molecule has 0 heteroatoms. The zero-order chi connectivity index (χ0) is 14.0. The smallest absolute Gasteiger partial charge is 0.0202 e. The summed E-state index contributed by atoms with van der Waals surface area (Å²) >= 11 is 0. The second kappa shape index (κ2) is 5.21. The lowest BCUT2D eigenvalue weighted by Gasteiger charge is -2.37. The summed E-state index contributed by atoms with van der Waals surface area (Å²) < 4.78 is 0. The quantitative estimate of drug-likeness (QED) is 0.698. The topological polar surface area (TPSA) is 0 Å². The monoisotopic (exact) mass is 252 g/mol. The maximum absolute atomic E-state index is 2.38. The Morgan fingerprint density at radius 2 is 1.11 bits per heavy atom. The van der Waals surface area contributed by atoms with Crippen LogP contribution in [0.25, 0.3) is 0 Å². The largest absolute Gasteiger partial charge is 0.0620 e. The van der Waals surface area contributed by atoms with E-state index in [-0.39, 0.29) is 5.41 Å². The van der Waals surface area contributed by atoms with Gasteiger partial charge >= 0.3 is 0 Å². The highest BCUT2D eigenvalue weighted by Crippen LogP contribution is 2.41. The van der Waals surface area contributed by atoms with E-state index in [2.05, 4.69) is 83.1 Å². The third kappa shape index (κ3) is 2.32. The molecule has 0 aliphatic carbocycles. The minimum absolute atomic E-state index is 0.0662. The lowest BCUT2D eigenvalue weighted by Crippen LogP contribution is -2.31. The molecule has 0 unspecified atom stereocenters. The predicted octanol–water partition coefficient (Wildman–Crippen LogP) is 5.27. The highest BCUT2D eigenvalue weighted by atomic mass is 14.4. The molecule has 0 aromatic heterocycles. The van der Waals surface area contributed by atoms with Crippen LogP contribution in [0.4, 0.5) is 0 Å². The van der Waals surface area contributed by atoms with Gasteiger partial charge in [0, 0.05) is 5.41 Å². The molecule has 0 spiro atoms. The van der Waals surface area contributed by atoms with Gasteiger partial charge in [-0.1, -0.05) is 69.3 Å². The van der Waals surface area contributed by atoms with Gasteiger partial charge in [0.15, 0.2) is 0 Å². The summed E-state index contributed by atoms with van der Waals surface area (Å²) in [5, 5.41) is 0. The lowest BCUT2D eigenvalue weighted by atomic mass is 9.66. The van der Waals surface area contributed by atoms with E-state index in [1.54, 1.807) is 0 Å². The molecular formula is C19H24. The van der Waals surface area contributed by atoms with Crippen molar-refractivity contribution in [1.82, 2.24) is 0 Å². The van der Waals surface area contributed by atoms with E-state index in [1.165, 1.54) is 22.3 Å². The molecule has 0 N–H and O–H groups in total. The van der Waals surface area contributed by atoms with E-state index in [1.807, 2.05) is 0 Å². The predicted molar refractivity (Wildman–Crippen MR) is 83.7 cm³/mol. The summed E-state index contributed by atoms with van der Waals surface area (Å²) in [4.78, 5) is 0. The van der Waals surface area contributed by atoms with Crippen LogP contribution in [0.15, 0.2) is 48.5 Å². The average Bonchev–Trinajstić information content (AvgIpc) is 2.38. The van der Waals surface area contributed by atoms with Gasteiger partial charge < -0.3 is 0 Å². The van der Waals surface area contributed by atoms with Crippen LogP contribution in [0.5, 0.6) is 0 Å². The first kappa shape index (κ1) is 13.9. The van der Waals surface area contributed by atoms with Gasteiger partial charge in [-0.25, -0.2) is 0 Å². The van der Waals surface area contributed by atoms with Gasteiger partial charge in [0.2, 0.25) is 0 Å². The van der Waals surface area contributed by atoms with Crippen molar-refractivity contribution in [2.24, 2.45) is 5.92 Å². The van der Waals surface area contributed by atoms with Crippen LogP contribution in [-0.4, -0.2) is 0 Å². The van der Waals surface area contributed by atoms with Crippen LogP contribution in [0.3, 0.4) is 0 Å². The van der Waals surface area contributed by atoms with E-state index in [0.717, 1.165) is 0 Å². The fraction of sp³-hybridized carbons (Fsp3) is 0.368. The average molecular weight is 252 g/mol. The highest BCUT2D eigenvalue weighted by Gasteiger charge is 2.34. The second-order valence-electron chi connectivity index (χ2n) is 5.99. The molecule has 0 bridgehead atoms. The van der Waals surface area contributed by atoms with Crippen LogP contribution >= 0.6 is 0 Å². The molecule has 0 nitrogen and oxygen atoms in total. The number of benzene rings is 2. The number of aryl methyl sites for hydroxylation is 2. The molecule has 0 fully saturated rings. The van der Waals surface area contributed by atoms with Crippen LogP contribution in [0.2, 0.25) is 0 Å². The Morgan fingerprint density at radius 1 is 0.737 bits per heavy atom. The van der Waals surface area contributed by atoms with Crippen LogP contribution in [0, 0.1) is 19.8 Å². The Morgan fingerprint density at radius 3 is 1.42 bits per heavy atom. The molecule has 100 valence electrons. The third-order valence-electron chi connectivity index (χ3n) is 4.56. The van der Waals surface area contributed by atoms with E-state index in [0.29, 0.717) is 5.92 Å². The van der Waals surface area contributed by atoms with Gasteiger partial charge in [-0.3, -0.25) is 0 Å². The normalized spacial score (nSPS) is 11.9. The van der Waals surface area contributed by atoms with Crippen LogP contribution in [-0.2, 0) is 5.41 Å². The standard InChI is InChI=1S/C19H24/c1-14(2)19(5,17-12-8-6-10-15(17)3)18-13-9-7-11-16(18)4/h6-14H,1-5H3. The van der Waals surface area contributed by atoms with Crippen molar-refractivity contribution in [3.63, 3.8) is 0 Å². The van der Waals surface area contributed by atoms with E-state index in [9.17, 15) is 0 Å². The SMILES string of the molecule is Cc1ccccc1C(C)(c1ccccc1C)C(C)C. The second-order valence-corrected chi connectivity index (χ2v) is 5.99. The van der Waals surface area contributed by atoms with Crippen molar-refractivity contribution in [2.75, 3.05) is 0 Å². The maximum Gasteiger partial charge on any atom is 0.0202 e. The molecule has 2 aromatic carbocycles. The zero-order valence-electron chi connectivity index (χ0n) is 12.7.